The molecule has 1 heteroatoms. The smallest absolute Gasteiger partial charge is 0.00504 e. The molecule has 2 rings (SSSR count). The first-order valence-corrected chi connectivity index (χ1v) is 7.00. The Bertz CT molecular complexity index is 368. The quantitative estimate of drug-likeness (QED) is 0.763. The molecule has 1 aliphatic rings. The highest BCUT2D eigenvalue weighted by Crippen LogP contribution is 2.29. The normalized spacial score (nSPS) is 21.7. The molecule has 0 saturated carbocycles. The number of nitrogens with zero attached hydrogens (tertiary/aromatic N) is 1. The average Bonchev–Trinajstić information content (AvgIpc) is 2.33. The number of aryl methyl sites for hydroxylation is 2. The van der Waals surface area contributed by atoms with Crippen LogP contribution >= 0.6 is 0 Å². The van der Waals surface area contributed by atoms with Crippen LogP contribution < -0.4 is 0 Å². The predicted molar refractivity (Wildman–Crippen MR) is 74.6 cm³/mol. The van der Waals surface area contributed by atoms with Crippen LogP contribution in [0.25, 0.3) is 0 Å². The van der Waals surface area contributed by atoms with Gasteiger partial charge in [0.15, 0.2) is 0 Å². The molecule has 0 N–H and O–H groups in total. The van der Waals surface area contributed by atoms with Gasteiger partial charge < -0.3 is 4.90 Å². The van der Waals surface area contributed by atoms with Crippen LogP contribution in [0.4, 0.5) is 0 Å². The fourth-order valence-corrected chi connectivity index (χ4v) is 3.03. The first kappa shape index (κ1) is 12.6. The van der Waals surface area contributed by atoms with E-state index in [2.05, 4.69) is 43.9 Å². The van der Waals surface area contributed by atoms with E-state index in [1.165, 1.54) is 50.0 Å². The van der Waals surface area contributed by atoms with Gasteiger partial charge >= 0.3 is 0 Å². The molecule has 1 aromatic rings. The lowest BCUT2D eigenvalue weighted by Gasteiger charge is -2.33. The summed E-state index contributed by atoms with van der Waals surface area (Å²) in [6, 6.07) is 6.91. The summed E-state index contributed by atoms with van der Waals surface area (Å²) in [5.41, 5.74) is 4.46. The topological polar surface area (TPSA) is 3.24 Å². The fourth-order valence-electron chi connectivity index (χ4n) is 3.03. The van der Waals surface area contributed by atoms with Crippen LogP contribution in [0, 0.1) is 13.8 Å². The van der Waals surface area contributed by atoms with Gasteiger partial charge in [0.05, 0.1) is 0 Å². The van der Waals surface area contributed by atoms with Crippen LogP contribution in [0.15, 0.2) is 18.2 Å². The lowest BCUT2D eigenvalue weighted by molar-refractivity contribution is 0.208. The van der Waals surface area contributed by atoms with Crippen LogP contribution in [-0.2, 0) is 0 Å². The third-order valence-corrected chi connectivity index (χ3v) is 3.92. The van der Waals surface area contributed by atoms with E-state index in [1.54, 1.807) is 5.56 Å². The van der Waals surface area contributed by atoms with Crippen molar-refractivity contribution in [2.75, 3.05) is 19.6 Å². The predicted octanol–water partition coefficient (Wildman–Crippen LogP) is 3.89. The van der Waals surface area contributed by atoms with E-state index in [0.29, 0.717) is 0 Å². The van der Waals surface area contributed by atoms with Crippen LogP contribution in [0.2, 0.25) is 0 Å². The maximum absolute atomic E-state index is 2.63. The van der Waals surface area contributed by atoms with E-state index in [1.807, 2.05) is 0 Å². The van der Waals surface area contributed by atoms with Crippen molar-refractivity contribution >= 4 is 0 Å². The van der Waals surface area contributed by atoms with Crippen molar-refractivity contribution in [1.29, 1.82) is 0 Å². The Balaban J connectivity index is 2.13. The zero-order valence-electron chi connectivity index (χ0n) is 11.5. The second kappa shape index (κ2) is 5.68. The highest BCUT2D eigenvalue weighted by Gasteiger charge is 2.21. The molecule has 1 saturated heterocycles. The van der Waals surface area contributed by atoms with Crippen LogP contribution in [0.3, 0.4) is 0 Å². The van der Waals surface area contributed by atoms with Crippen molar-refractivity contribution in [3.05, 3.63) is 34.9 Å². The van der Waals surface area contributed by atoms with Crippen molar-refractivity contribution in [3.63, 3.8) is 0 Å². The van der Waals surface area contributed by atoms with E-state index >= 15 is 0 Å². The first-order valence-electron chi connectivity index (χ1n) is 7.00. The first-order chi connectivity index (χ1) is 8.20. The summed E-state index contributed by atoms with van der Waals surface area (Å²) < 4.78 is 0. The van der Waals surface area contributed by atoms with Crippen LogP contribution in [-0.4, -0.2) is 24.5 Å². The van der Waals surface area contributed by atoms with Crippen LogP contribution in [0.5, 0.6) is 0 Å². The summed E-state index contributed by atoms with van der Waals surface area (Å²) in [7, 11) is 0. The van der Waals surface area contributed by atoms with E-state index in [-0.39, 0.29) is 0 Å². The Labute approximate surface area is 106 Å². The molecule has 1 aromatic carbocycles. The van der Waals surface area contributed by atoms with Gasteiger partial charge in [-0.2, -0.15) is 0 Å². The summed E-state index contributed by atoms with van der Waals surface area (Å²) in [4.78, 5) is 2.63. The summed E-state index contributed by atoms with van der Waals surface area (Å²) in [5.74, 6) is 0.759. The molecule has 0 aromatic heterocycles. The lowest BCUT2D eigenvalue weighted by atomic mass is 9.87. The van der Waals surface area contributed by atoms with Crippen molar-refractivity contribution < 1.29 is 0 Å². The Morgan fingerprint density at radius 1 is 1.29 bits per heavy atom. The number of hydrogen-bond acceptors (Lipinski definition) is 1. The maximum atomic E-state index is 2.63. The molecule has 1 nitrogen and oxygen atoms in total. The SMILES string of the molecule is CCCN1CCC[C@H](c2cc(C)ccc2C)C1. The second-order valence-electron chi connectivity index (χ2n) is 5.50. The molecule has 0 spiro atoms. The fraction of sp³-hybridized carbons (Fsp3) is 0.625. The molecule has 0 amide bonds. The van der Waals surface area contributed by atoms with E-state index in [0.717, 1.165) is 5.92 Å². The van der Waals surface area contributed by atoms with Gasteiger partial charge in [-0.15, -0.1) is 0 Å². The molecule has 1 aliphatic heterocycles. The molecule has 0 aliphatic carbocycles. The Hall–Kier alpha value is -0.820. The van der Waals surface area contributed by atoms with Gasteiger partial charge in [0.1, 0.15) is 0 Å². The van der Waals surface area contributed by atoms with Crippen molar-refractivity contribution in [1.82, 2.24) is 4.90 Å². The highest BCUT2D eigenvalue weighted by atomic mass is 15.1. The molecule has 1 fully saturated rings. The highest BCUT2D eigenvalue weighted by molar-refractivity contribution is 5.33. The van der Waals surface area contributed by atoms with Gasteiger partial charge in [0, 0.05) is 6.54 Å². The van der Waals surface area contributed by atoms with Gasteiger partial charge in [-0.1, -0.05) is 30.7 Å². The van der Waals surface area contributed by atoms with Crippen molar-refractivity contribution in [2.45, 2.75) is 46.0 Å². The Morgan fingerprint density at radius 3 is 2.88 bits per heavy atom. The van der Waals surface area contributed by atoms with E-state index < -0.39 is 0 Å². The van der Waals surface area contributed by atoms with Gasteiger partial charge in [-0.3, -0.25) is 0 Å². The molecule has 94 valence electrons. The summed E-state index contributed by atoms with van der Waals surface area (Å²) in [6.45, 7) is 10.6. The molecule has 0 radical (unpaired) electrons. The molecule has 0 bridgehead atoms. The van der Waals surface area contributed by atoms with Gasteiger partial charge in [0.25, 0.3) is 0 Å². The van der Waals surface area contributed by atoms with Gasteiger partial charge in [-0.05, 0) is 63.2 Å². The number of rotatable bonds is 3. The van der Waals surface area contributed by atoms with Crippen molar-refractivity contribution in [3.8, 4) is 0 Å². The minimum Gasteiger partial charge on any atom is -0.303 e. The third kappa shape index (κ3) is 3.10. The van der Waals surface area contributed by atoms with Crippen LogP contribution in [0.1, 0.15) is 48.8 Å². The number of likely N-dealkylation sites (tertiary alicyclic amines) is 1. The van der Waals surface area contributed by atoms with E-state index in [4.69, 9.17) is 0 Å². The zero-order chi connectivity index (χ0) is 12.3. The molecule has 1 atom stereocenters. The van der Waals surface area contributed by atoms with Gasteiger partial charge in [-0.25, -0.2) is 0 Å². The van der Waals surface area contributed by atoms with E-state index in [9.17, 15) is 0 Å². The zero-order valence-corrected chi connectivity index (χ0v) is 11.5. The average molecular weight is 231 g/mol. The standard InChI is InChI=1S/C16H25N/c1-4-9-17-10-5-6-15(12-17)16-11-13(2)7-8-14(16)3/h7-8,11,15H,4-6,9-10,12H2,1-3H3/t15-/m0/s1. The summed E-state index contributed by atoms with van der Waals surface area (Å²) >= 11 is 0. The minimum absolute atomic E-state index is 0.759. The van der Waals surface area contributed by atoms with Gasteiger partial charge in [0.2, 0.25) is 0 Å². The van der Waals surface area contributed by atoms with Crippen molar-refractivity contribution in [2.24, 2.45) is 0 Å². The molecule has 0 unspecified atom stereocenters. The molecular formula is C16H25N. The second-order valence-corrected chi connectivity index (χ2v) is 5.50. The summed E-state index contributed by atoms with van der Waals surface area (Å²) in [5, 5.41) is 0. The Morgan fingerprint density at radius 2 is 2.12 bits per heavy atom. The molecule has 1 heterocycles. The lowest BCUT2D eigenvalue weighted by Crippen LogP contribution is -2.35. The molecular weight excluding hydrogens is 206 g/mol. The summed E-state index contributed by atoms with van der Waals surface area (Å²) in [6.07, 6.45) is 4.00. The Kier molecular flexibility index (Phi) is 4.22. The maximum Gasteiger partial charge on any atom is 0.00504 e. The largest absolute Gasteiger partial charge is 0.303 e. The number of piperidine rings is 1. The number of benzene rings is 1. The monoisotopic (exact) mass is 231 g/mol. The number of hydrogen-bond donors (Lipinski definition) is 0. The molecule has 17 heavy (non-hydrogen) atoms. The minimum atomic E-state index is 0.759. The third-order valence-electron chi connectivity index (χ3n) is 3.92.